The van der Waals surface area contributed by atoms with Gasteiger partial charge in [-0.2, -0.15) is 5.26 Å². The maximum absolute atomic E-state index is 13.9. The predicted molar refractivity (Wildman–Crippen MR) is 98.8 cm³/mol. The van der Waals surface area contributed by atoms with Gasteiger partial charge in [-0.05, 0) is 48.2 Å². The van der Waals surface area contributed by atoms with Crippen LogP contribution in [-0.2, 0) is 0 Å². The molecule has 1 N–H and O–H groups in total. The molecule has 0 saturated heterocycles. The second kappa shape index (κ2) is 6.90. The van der Waals surface area contributed by atoms with E-state index in [4.69, 9.17) is 4.42 Å². The van der Waals surface area contributed by atoms with Crippen molar-refractivity contribution in [2.75, 3.05) is 0 Å². The van der Waals surface area contributed by atoms with Crippen LogP contribution < -0.4 is 0 Å². The molecule has 0 saturated carbocycles. The number of imidazole rings is 1. The zero-order valence-corrected chi connectivity index (χ0v) is 14.3. The van der Waals surface area contributed by atoms with E-state index in [-0.39, 0.29) is 11.1 Å². The lowest BCUT2D eigenvalue weighted by molar-refractivity contribution is 0.466. The van der Waals surface area contributed by atoms with Gasteiger partial charge >= 0.3 is 0 Å². The molecule has 0 fully saturated rings. The van der Waals surface area contributed by atoms with Crippen molar-refractivity contribution in [3.05, 3.63) is 77.8 Å². The van der Waals surface area contributed by atoms with Crippen LogP contribution in [-0.4, -0.2) is 9.97 Å². The summed E-state index contributed by atoms with van der Waals surface area (Å²) in [7, 11) is 0. The molecule has 2 aromatic carbocycles. The summed E-state index contributed by atoms with van der Waals surface area (Å²) < 4.78 is 19.6. The van der Waals surface area contributed by atoms with Crippen molar-refractivity contribution in [3.8, 4) is 6.07 Å². The maximum atomic E-state index is 13.9. The lowest BCUT2D eigenvalue weighted by Crippen LogP contribution is -1.86. The number of nitriles is 1. The molecule has 4 aromatic rings. The molecule has 126 valence electrons. The quantitative estimate of drug-likeness (QED) is 0.487. The first-order valence-electron chi connectivity index (χ1n) is 7.82. The summed E-state index contributed by atoms with van der Waals surface area (Å²) in [5, 5.41) is 10.7. The number of hydrogen-bond acceptors (Lipinski definition) is 4. The van der Waals surface area contributed by atoms with Gasteiger partial charge in [0.2, 0.25) is 0 Å². The number of halogens is 1. The highest BCUT2D eigenvalue weighted by Crippen LogP contribution is 2.30. The second-order valence-corrected chi connectivity index (χ2v) is 6.46. The van der Waals surface area contributed by atoms with Gasteiger partial charge in [-0.3, -0.25) is 0 Å². The predicted octanol–water partition coefficient (Wildman–Crippen LogP) is 5.51. The van der Waals surface area contributed by atoms with E-state index in [1.54, 1.807) is 30.3 Å². The Morgan fingerprint density at radius 3 is 2.73 bits per heavy atom. The van der Waals surface area contributed by atoms with E-state index in [0.717, 1.165) is 11.0 Å². The number of nitrogens with one attached hydrogen (secondary N) is 1. The van der Waals surface area contributed by atoms with Gasteiger partial charge < -0.3 is 9.40 Å². The highest BCUT2D eigenvalue weighted by atomic mass is 32.2. The Bertz CT molecular complexity index is 1120. The zero-order valence-electron chi connectivity index (χ0n) is 13.4. The summed E-state index contributed by atoms with van der Waals surface area (Å²) in [6, 6.07) is 19.5. The van der Waals surface area contributed by atoms with Crippen molar-refractivity contribution in [2.24, 2.45) is 0 Å². The number of rotatable bonds is 4. The van der Waals surface area contributed by atoms with Gasteiger partial charge in [-0.1, -0.05) is 30.3 Å². The first-order valence-corrected chi connectivity index (χ1v) is 8.64. The number of aromatic nitrogens is 2. The molecule has 26 heavy (non-hydrogen) atoms. The molecule has 0 aliphatic heterocycles. The Hall–Kier alpha value is -3.30. The van der Waals surface area contributed by atoms with E-state index < -0.39 is 5.82 Å². The van der Waals surface area contributed by atoms with E-state index in [9.17, 15) is 9.65 Å². The molecule has 4 rings (SSSR count). The van der Waals surface area contributed by atoms with E-state index in [1.807, 2.05) is 30.3 Å². The lowest BCUT2D eigenvalue weighted by Gasteiger charge is -1.99. The van der Waals surface area contributed by atoms with E-state index >= 15 is 0 Å². The molecule has 0 unspecified atom stereocenters. The number of hydrogen-bond donors (Lipinski definition) is 1. The minimum absolute atomic E-state index is 0.206. The first kappa shape index (κ1) is 16.2. The minimum atomic E-state index is -0.441. The third-order valence-electron chi connectivity index (χ3n) is 3.74. The van der Waals surface area contributed by atoms with Gasteiger partial charge in [0.1, 0.15) is 11.6 Å². The fraction of sp³-hybridized carbons (Fsp3) is 0. The van der Waals surface area contributed by atoms with E-state index in [0.29, 0.717) is 16.0 Å². The lowest BCUT2D eigenvalue weighted by atomic mass is 10.1. The minimum Gasteiger partial charge on any atom is -0.450 e. The van der Waals surface area contributed by atoms with Gasteiger partial charge in [-0.15, -0.1) is 0 Å². The Labute approximate surface area is 153 Å². The maximum Gasteiger partial charge on any atom is 0.174 e. The van der Waals surface area contributed by atoms with Crippen LogP contribution in [0.4, 0.5) is 4.39 Å². The first-order chi connectivity index (χ1) is 12.7. The monoisotopic (exact) mass is 361 g/mol. The Balaban J connectivity index is 1.59. The average molecular weight is 361 g/mol. The molecule has 0 spiro atoms. The molecule has 0 bridgehead atoms. The van der Waals surface area contributed by atoms with Gasteiger partial charge in [0.05, 0.1) is 22.7 Å². The number of nitrogens with zero attached hydrogens (tertiary/aromatic N) is 2. The van der Waals surface area contributed by atoms with Crippen molar-refractivity contribution in [3.63, 3.8) is 0 Å². The molecule has 0 radical (unpaired) electrons. The number of allylic oxidation sites excluding steroid dienone is 1. The highest BCUT2D eigenvalue weighted by Gasteiger charge is 2.10. The zero-order chi connectivity index (χ0) is 17.9. The average Bonchev–Trinajstić information content (AvgIpc) is 3.26. The van der Waals surface area contributed by atoms with Crippen LogP contribution in [0.25, 0.3) is 22.7 Å². The van der Waals surface area contributed by atoms with Crippen LogP contribution in [0.15, 0.2) is 75.3 Å². The Morgan fingerprint density at radius 2 is 1.92 bits per heavy atom. The van der Waals surface area contributed by atoms with Gasteiger partial charge in [0.25, 0.3) is 0 Å². The molecular formula is C20H12FN3OS. The van der Waals surface area contributed by atoms with Crippen LogP contribution in [0.5, 0.6) is 0 Å². The van der Waals surface area contributed by atoms with Crippen molar-refractivity contribution < 1.29 is 8.81 Å². The van der Waals surface area contributed by atoms with Gasteiger partial charge in [-0.25, -0.2) is 9.37 Å². The topological polar surface area (TPSA) is 65.6 Å². The number of furan rings is 1. The van der Waals surface area contributed by atoms with Crippen LogP contribution in [0.2, 0.25) is 0 Å². The van der Waals surface area contributed by atoms with Crippen LogP contribution in [0.1, 0.15) is 11.3 Å². The van der Waals surface area contributed by atoms with Crippen molar-refractivity contribution in [2.45, 2.75) is 10.2 Å². The van der Waals surface area contributed by atoms with Crippen LogP contribution >= 0.6 is 11.8 Å². The fourth-order valence-corrected chi connectivity index (χ4v) is 3.30. The van der Waals surface area contributed by atoms with Crippen LogP contribution in [0.3, 0.4) is 0 Å². The summed E-state index contributed by atoms with van der Waals surface area (Å²) in [6.07, 6.45) is 1.53. The summed E-state index contributed by atoms with van der Waals surface area (Å²) >= 11 is 1.35. The van der Waals surface area contributed by atoms with Crippen molar-refractivity contribution in [1.82, 2.24) is 9.97 Å². The molecule has 2 heterocycles. The molecule has 0 atom stereocenters. The number of para-hydroxylation sites is 2. The standard InChI is InChI=1S/C20H12FN3OS/c21-16-6-2-1-5-15(16)13(12-22)11-14-9-10-19(25-14)26-20-23-17-7-3-4-8-18(17)24-20/h1-11H,(H,23,24). The number of H-pyrrole nitrogens is 1. The number of aromatic amines is 1. The largest absolute Gasteiger partial charge is 0.450 e. The third-order valence-corrected chi connectivity index (χ3v) is 4.55. The molecular weight excluding hydrogens is 349 g/mol. The fourth-order valence-electron chi connectivity index (χ4n) is 2.53. The van der Waals surface area contributed by atoms with E-state index in [1.165, 1.54) is 23.9 Å². The molecule has 6 heteroatoms. The number of fused-ring (bicyclic) bond motifs is 1. The molecule has 4 nitrogen and oxygen atoms in total. The Kier molecular flexibility index (Phi) is 4.30. The summed E-state index contributed by atoms with van der Waals surface area (Å²) in [4.78, 5) is 7.70. The normalized spacial score (nSPS) is 11.6. The summed E-state index contributed by atoms with van der Waals surface area (Å²) in [6.45, 7) is 0. The van der Waals surface area contributed by atoms with Crippen LogP contribution in [0, 0.1) is 17.1 Å². The third kappa shape index (κ3) is 3.25. The van der Waals surface area contributed by atoms with Gasteiger partial charge in [0, 0.05) is 5.56 Å². The van der Waals surface area contributed by atoms with Crippen molar-refractivity contribution >= 4 is 34.4 Å². The number of benzene rings is 2. The summed E-state index contributed by atoms with van der Waals surface area (Å²) in [5.74, 6) is 0.0344. The SMILES string of the molecule is N#CC(=Cc1ccc(Sc2nc3ccccc3[nH]2)o1)c1ccccc1F. The van der Waals surface area contributed by atoms with E-state index in [2.05, 4.69) is 9.97 Å². The van der Waals surface area contributed by atoms with Crippen molar-refractivity contribution in [1.29, 1.82) is 5.26 Å². The van der Waals surface area contributed by atoms with Gasteiger partial charge in [0.15, 0.2) is 10.2 Å². The Morgan fingerprint density at radius 1 is 1.12 bits per heavy atom. The summed E-state index contributed by atoms with van der Waals surface area (Å²) in [5.41, 5.74) is 2.29. The second-order valence-electron chi connectivity index (χ2n) is 5.47. The smallest absolute Gasteiger partial charge is 0.174 e. The molecule has 0 amide bonds. The molecule has 2 aromatic heterocycles. The molecule has 0 aliphatic carbocycles. The molecule has 0 aliphatic rings. The highest BCUT2D eigenvalue weighted by molar-refractivity contribution is 7.99.